The zero-order chi connectivity index (χ0) is 9.68. The molecule has 0 saturated heterocycles. The highest BCUT2D eigenvalue weighted by atomic mass is 32.2. The van der Waals surface area contributed by atoms with E-state index in [4.69, 9.17) is 10.4 Å². The van der Waals surface area contributed by atoms with E-state index in [2.05, 4.69) is 6.07 Å². The molecule has 0 heterocycles. The molecule has 68 valence electrons. The van der Waals surface area contributed by atoms with Crippen molar-refractivity contribution >= 4 is 11.8 Å². The molecule has 0 aliphatic heterocycles. The fourth-order valence-electron chi connectivity index (χ4n) is 0.948. The van der Waals surface area contributed by atoms with Crippen molar-refractivity contribution in [1.82, 2.24) is 0 Å². The predicted octanol–water partition coefficient (Wildman–Crippen LogP) is 2.18. The minimum Gasteiger partial charge on any atom is -0.392 e. The van der Waals surface area contributed by atoms with Crippen molar-refractivity contribution in [3.8, 4) is 6.07 Å². The molecule has 1 atom stereocenters. The summed E-state index contributed by atoms with van der Waals surface area (Å²) in [5.74, 6) is 0. The van der Waals surface area contributed by atoms with Crippen LogP contribution in [-0.2, 0) is 6.61 Å². The van der Waals surface area contributed by atoms with Gasteiger partial charge in [0.2, 0.25) is 0 Å². The largest absolute Gasteiger partial charge is 0.392 e. The van der Waals surface area contributed by atoms with Crippen LogP contribution in [0.25, 0.3) is 0 Å². The second-order valence-electron chi connectivity index (χ2n) is 2.69. The van der Waals surface area contributed by atoms with Crippen LogP contribution < -0.4 is 0 Å². The van der Waals surface area contributed by atoms with Gasteiger partial charge in [-0.15, -0.1) is 11.8 Å². The van der Waals surface area contributed by atoms with Gasteiger partial charge in [-0.25, -0.2) is 0 Å². The number of hydrogen-bond donors (Lipinski definition) is 1. The second-order valence-corrected chi connectivity index (χ2v) is 4.11. The van der Waals surface area contributed by atoms with E-state index in [9.17, 15) is 0 Å². The number of nitriles is 1. The van der Waals surface area contributed by atoms with E-state index in [0.29, 0.717) is 0 Å². The van der Waals surface area contributed by atoms with Gasteiger partial charge in [0.25, 0.3) is 0 Å². The van der Waals surface area contributed by atoms with E-state index in [1.165, 1.54) is 11.8 Å². The van der Waals surface area contributed by atoms with Gasteiger partial charge < -0.3 is 5.11 Å². The number of nitrogens with zero attached hydrogens (tertiary/aromatic N) is 1. The summed E-state index contributed by atoms with van der Waals surface area (Å²) in [6.45, 7) is 1.91. The van der Waals surface area contributed by atoms with Gasteiger partial charge in [0.1, 0.15) is 0 Å². The van der Waals surface area contributed by atoms with Crippen molar-refractivity contribution < 1.29 is 5.11 Å². The Balaban J connectivity index is 2.73. The van der Waals surface area contributed by atoms with E-state index in [-0.39, 0.29) is 11.9 Å². The molecule has 0 saturated carbocycles. The Morgan fingerprint density at radius 1 is 1.62 bits per heavy atom. The number of hydrogen-bond acceptors (Lipinski definition) is 3. The van der Waals surface area contributed by atoms with Crippen LogP contribution in [-0.4, -0.2) is 10.4 Å². The minimum absolute atomic E-state index is 0.0473. The second kappa shape index (κ2) is 4.90. The van der Waals surface area contributed by atoms with Crippen LogP contribution in [0.4, 0.5) is 0 Å². The van der Waals surface area contributed by atoms with Gasteiger partial charge in [-0.05, 0) is 24.6 Å². The first-order valence-corrected chi connectivity index (χ1v) is 4.90. The molecular weight excluding hydrogens is 182 g/mol. The van der Waals surface area contributed by atoms with Crippen molar-refractivity contribution in [3.05, 3.63) is 29.8 Å². The lowest BCUT2D eigenvalue weighted by Crippen LogP contribution is -1.90. The van der Waals surface area contributed by atoms with Crippen LogP contribution in [0.3, 0.4) is 0 Å². The summed E-state index contributed by atoms with van der Waals surface area (Å²) in [4.78, 5) is 1.03. The van der Waals surface area contributed by atoms with Crippen LogP contribution in [0.15, 0.2) is 29.2 Å². The summed E-state index contributed by atoms with van der Waals surface area (Å²) in [5.41, 5.74) is 0.884. The molecule has 1 N–H and O–H groups in total. The van der Waals surface area contributed by atoms with E-state index in [1.807, 2.05) is 31.2 Å². The van der Waals surface area contributed by atoms with Gasteiger partial charge in [0.05, 0.1) is 17.9 Å². The summed E-state index contributed by atoms with van der Waals surface area (Å²) >= 11 is 1.50. The molecule has 0 fully saturated rings. The van der Waals surface area contributed by atoms with E-state index in [1.54, 1.807) is 0 Å². The van der Waals surface area contributed by atoms with Crippen molar-refractivity contribution in [2.75, 3.05) is 0 Å². The molecule has 13 heavy (non-hydrogen) atoms. The number of aliphatic hydroxyl groups excluding tert-OH is 1. The molecule has 1 rings (SSSR count). The average molecular weight is 193 g/mol. The number of aliphatic hydroxyl groups is 1. The lowest BCUT2D eigenvalue weighted by molar-refractivity contribution is 0.281. The molecule has 0 bridgehead atoms. The predicted molar refractivity (Wildman–Crippen MR) is 53.3 cm³/mol. The van der Waals surface area contributed by atoms with Gasteiger partial charge in [-0.2, -0.15) is 5.26 Å². The van der Waals surface area contributed by atoms with Crippen molar-refractivity contribution in [2.24, 2.45) is 0 Å². The highest BCUT2D eigenvalue weighted by Gasteiger charge is 2.02. The molecule has 1 unspecified atom stereocenters. The fourth-order valence-corrected chi connectivity index (χ4v) is 1.79. The Labute approximate surface area is 82.2 Å². The highest BCUT2D eigenvalue weighted by molar-refractivity contribution is 8.00. The Morgan fingerprint density at radius 2 is 2.38 bits per heavy atom. The highest BCUT2D eigenvalue weighted by Crippen LogP contribution is 2.23. The van der Waals surface area contributed by atoms with Gasteiger partial charge in [0.15, 0.2) is 0 Å². The van der Waals surface area contributed by atoms with Gasteiger partial charge in [0, 0.05) is 4.90 Å². The first kappa shape index (κ1) is 10.1. The van der Waals surface area contributed by atoms with Crippen molar-refractivity contribution in [3.63, 3.8) is 0 Å². The molecule has 1 aromatic carbocycles. The molecule has 1 aromatic rings. The topological polar surface area (TPSA) is 44.0 Å². The van der Waals surface area contributed by atoms with E-state index < -0.39 is 0 Å². The van der Waals surface area contributed by atoms with Crippen LogP contribution in [0.5, 0.6) is 0 Å². The Bertz CT molecular complexity index is 319. The smallest absolute Gasteiger partial charge is 0.0935 e. The van der Waals surface area contributed by atoms with Crippen LogP contribution >= 0.6 is 11.8 Å². The summed E-state index contributed by atoms with van der Waals surface area (Å²) in [7, 11) is 0. The zero-order valence-electron chi connectivity index (χ0n) is 7.40. The Kier molecular flexibility index (Phi) is 3.81. The van der Waals surface area contributed by atoms with E-state index in [0.717, 1.165) is 10.5 Å². The maximum absolute atomic E-state index is 8.88. The summed E-state index contributed by atoms with van der Waals surface area (Å²) in [6.07, 6.45) is 0. The average Bonchev–Trinajstić information content (AvgIpc) is 2.18. The standard InChI is InChI=1S/C10H11NOS/c1-8(6-11)13-10-4-2-3-9(5-10)7-12/h2-5,8,12H,7H2,1H3. The quantitative estimate of drug-likeness (QED) is 0.748. The summed E-state index contributed by atoms with van der Waals surface area (Å²) in [6, 6.07) is 9.74. The van der Waals surface area contributed by atoms with Crippen LogP contribution in [0, 0.1) is 11.3 Å². The van der Waals surface area contributed by atoms with Gasteiger partial charge in [-0.1, -0.05) is 12.1 Å². The first-order valence-electron chi connectivity index (χ1n) is 4.02. The zero-order valence-corrected chi connectivity index (χ0v) is 8.21. The monoisotopic (exact) mass is 193 g/mol. The molecule has 0 spiro atoms. The summed E-state index contributed by atoms with van der Waals surface area (Å²) < 4.78 is 0. The Hall–Kier alpha value is -0.980. The molecule has 0 aromatic heterocycles. The van der Waals surface area contributed by atoms with Crippen molar-refractivity contribution in [2.45, 2.75) is 23.7 Å². The Morgan fingerprint density at radius 3 is 3.00 bits per heavy atom. The molecule has 0 aliphatic rings. The van der Waals surface area contributed by atoms with Crippen molar-refractivity contribution in [1.29, 1.82) is 5.26 Å². The normalized spacial score (nSPS) is 12.1. The first-order chi connectivity index (χ1) is 6.26. The summed E-state index contributed by atoms with van der Waals surface area (Å²) in [5, 5.41) is 17.4. The SMILES string of the molecule is CC(C#N)Sc1cccc(CO)c1. The van der Waals surface area contributed by atoms with E-state index >= 15 is 0 Å². The molecule has 0 radical (unpaired) electrons. The maximum atomic E-state index is 8.88. The number of rotatable bonds is 3. The van der Waals surface area contributed by atoms with Gasteiger partial charge >= 0.3 is 0 Å². The molecule has 0 amide bonds. The molecule has 2 nitrogen and oxygen atoms in total. The third-order valence-corrected chi connectivity index (χ3v) is 2.56. The lowest BCUT2D eigenvalue weighted by atomic mass is 10.2. The minimum atomic E-state index is -0.0473. The van der Waals surface area contributed by atoms with Crippen LogP contribution in [0.1, 0.15) is 12.5 Å². The van der Waals surface area contributed by atoms with Crippen LogP contribution in [0.2, 0.25) is 0 Å². The third-order valence-electron chi connectivity index (χ3n) is 1.58. The maximum Gasteiger partial charge on any atom is 0.0935 e. The fraction of sp³-hybridized carbons (Fsp3) is 0.300. The molecule has 3 heteroatoms. The van der Waals surface area contributed by atoms with Gasteiger partial charge in [-0.3, -0.25) is 0 Å². The number of benzene rings is 1. The lowest BCUT2D eigenvalue weighted by Gasteiger charge is -2.03. The third kappa shape index (κ3) is 3.10. The molecular formula is C10H11NOS. The molecule has 0 aliphatic carbocycles. The number of thioether (sulfide) groups is 1.